The molecule has 1 aromatic carbocycles. The van der Waals surface area contributed by atoms with Crippen molar-refractivity contribution < 1.29 is 19.5 Å². The highest BCUT2D eigenvalue weighted by atomic mass is 16.7. The van der Waals surface area contributed by atoms with Crippen LogP contribution in [0, 0.1) is 0 Å². The molecule has 0 fully saturated rings. The van der Waals surface area contributed by atoms with Gasteiger partial charge >= 0.3 is 6.09 Å². The number of amides is 1. The van der Waals surface area contributed by atoms with E-state index in [9.17, 15) is 9.90 Å². The number of hydrogen-bond acceptors (Lipinski definition) is 4. The second-order valence-corrected chi connectivity index (χ2v) is 6.04. The lowest BCUT2D eigenvalue weighted by atomic mass is 10.0. The molecule has 0 spiro atoms. The number of ether oxygens (including phenoxy) is 1. The highest BCUT2D eigenvalue weighted by molar-refractivity contribution is 5.67. The summed E-state index contributed by atoms with van der Waals surface area (Å²) in [4.78, 5) is 17.7. The van der Waals surface area contributed by atoms with Crippen LogP contribution in [0.3, 0.4) is 0 Å². The highest BCUT2D eigenvalue weighted by Crippen LogP contribution is 2.18. The van der Waals surface area contributed by atoms with E-state index in [1.165, 1.54) is 5.06 Å². The van der Waals surface area contributed by atoms with Gasteiger partial charge < -0.3 is 9.84 Å². The first-order valence-electron chi connectivity index (χ1n) is 8.68. The maximum Gasteiger partial charge on any atom is 0.434 e. The Kier molecular flexibility index (Phi) is 7.79. The van der Waals surface area contributed by atoms with Crippen LogP contribution in [0.15, 0.2) is 42.5 Å². The molecule has 132 valence electrons. The first-order valence-corrected chi connectivity index (χ1v) is 8.68. The van der Waals surface area contributed by atoms with Gasteiger partial charge in [-0.3, -0.25) is 4.84 Å². The van der Waals surface area contributed by atoms with Crippen molar-refractivity contribution in [1.82, 2.24) is 5.06 Å². The second-order valence-electron chi connectivity index (χ2n) is 6.04. The van der Waals surface area contributed by atoms with E-state index in [0.29, 0.717) is 13.0 Å². The Hall–Kier alpha value is -1.85. The van der Waals surface area contributed by atoms with Gasteiger partial charge in [0.2, 0.25) is 0 Å². The molecule has 2 rings (SSSR count). The lowest BCUT2D eigenvalue weighted by molar-refractivity contribution is -0.155. The van der Waals surface area contributed by atoms with Gasteiger partial charge in [0.1, 0.15) is 6.61 Å². The normalized spacial score (nSPS) is 18.4. The Labute approximate surface area is 143 Å². The van der Waals surface area contributed by atoms with Gasteiger partial charge in [-0.05, 0) is 18.4 Å². The number of hydroxylamine groups is 2. The van der Waals surface area contributed by atoms with E-state index in [4.69, 9.17) is 9.57 Å². The van der Waals surface area contributed by atoms with Crippen LogP contribution >= 0.6 is 0 Å². The Morgan fingerprint density at radius 2 is 2.17 bits per heavy atom. The average molecular weight is 333 g/mol. The number of unbranched alkanes of at least 4 members (excludes halogenated alkanes) is 2. The molecule has 1 aromatic rings. The smallest absolute Gasteiger partial charge is 0.434 e. The van der Waals surface area contributed by atoms with E-state index >= 15 is 0 Å². The molecule has 5 nitrogen and oxygen atoms in total. The molecule has 1 aliphatic rings. The predicted molar refractivity (Wildman–Crippen MR) is 92.1 cm³/mol. The van der Waals surface area contributed by atoms with Crippen LogP contribution < -0.4 is 0 Å². The largest absolute Gasteiger partial charge is 0.443 e. The van der Waals surface area contributed by atoms with Crippen LogP contribution in [0.25, 0.3) is 0 Å². The van der Waals surface area contributed by atoms with Crippen LogP contribution in [-0.2, 0) is 16.2 Å². The average Bonchev–Trinajstić information content (AvgIpc) is 2.61. The van der Waals surface area contributed by atoms with Gasteiger partial charge in [0, 0.05) is 0 Å². The van der Waals surface area contributed by atoms with Crippen LogP contribution in [0.4, 0.5) is 4.79 Å². The van der Waals surface area contributed by atoms with Gasteiger partial charge in [0.25, 0.3) is 0 Å². The van der Waals surface area contributed by atoms with Crippen molar-refractivity contribution in [2.75, 3.05) is 6.61 Å². The Morgan fingerprint density at radius 1 is 1.38 bits per heavy atom. The number of aliphatic hydroxyl groups excluding tert-OH is 1. The first-order chi connectivity index (χ1) is 11.7. The number of aliphatic hydroxyl groups is 1. The molecule has 1 N–H and O–H groups in total. The summed E-state index contributed by atoms with van der Waals surface area (Å²) >= 11 is 0. The van der Waals surface area contributed by atoms with E-state index in [-0.39, 0.29) is 12.6 Å². The third kappa shape index (κ3) is 5.98. The number of nitrogens with zero attached hydrogens (tertiary/aromatic N) is 1. The van der Waals surface area contributed by atoms with E-state index in [2.05, 4.69) is 6.92 Å². The maximum absolute atomic E-state index is 12.3. The maximum atomic E-state index is 12.3. The van der Waals surface area contributed by atoms with Crippen LogP contribution in [0.1, 0.15) is 44.6 Å². The van der Waals surface area contributed by atoms with Crippen LogP contribution in [0.5, 0.6) is 0 Å². The molecule has 24 heavy (non-hydrogen) atoms. The number of benzene rings is 1. The summed E-state index contributed by atoms with van der Waals surface area (Å²) in [5.41, 5.74) is 0.926. The number of rotatable bonds is 8. The summed E-state index contributed by atoms with van der Waals surface area (Å²) in [6.45, 7) is 2.67. The Morgan fingerprint density at radius 3 is 2.92 bits per heavy atom. The minimum absolute atomic E-state index is 0.203. The van der Waals surface area contributed by atoms with Gasteiger partial charge in [-0.2, -0.15) is 5.06 Å². The summed E-state index contributed by atoms with van der Waals surface area (Å²) in [5, 5.41) is 11.4. The van der Waals surface area contributed by atoms with Crippen molar-refractivity contribution in [1.29, 1.82) is 0 Å². The third-order valence-corrected chi connectivity index (χ3v) is 4.01. The summed E-state index contributed by atoms with van der Waals surface area (Å²) in [7, 11) is 0. The van der Waals surface area contributed by atoms with Gasteiger partial charge in [0.15, 0.2) is 0 Å². The van der Waals surface area contributed by atoms with Crippen molar-refractivity contribution in [3.63, 3.8) is 0 Å². The SMILES string of the molecule is CCCCC[C@H](O)C[C@H]1C=CCON1C(=O)OCc1ccccc1. The minimum atomic E-state index is -0.519. The molecule has 1 aliphatic heterocycles. The van der Waals surface area contributed by atoms with Gasteiger partial charge in [0.05, 0.1) is 18.8 Å². The van der Waals surface area contributed by atoms with Crippen molar-refractivity contribution in [2.45, 2.75) is 57.8 Å². The molecule has 0 saturated heterocycles. The lowest BCUT2D eigenvalue weighted by Crippen LogP contribution is -2.43. The lowest BCUT2D eigenvalue weighted by Gasteiger charge is -2.31. The highest BCUT2D eigenvalue weighted by Gasteiger charge is 2.28. The fourth-order valence-electron chi connectivity index (χ4n) is 2.68. The molecule has 0 aliphatic carbocycles. The molecule has 1 heterocycles. The van der Waals surface area contributed by atoms with E-state index < -0.39 is 12.2 Å². The molecule has 0 radical (unpaired) electrons. The standard InChI is InChI=1S/C19H27NO4/c1-2-3-5-12-18(21)14-17-11-8-13-24-20(17)19(22)23-15-16-9-6-4-7-10-16/h4,6-11,17-18,21H,2-3,5,12-15H2,1H3/t17-,18+/m1/s1. The van der Waals surface area contributed by atoms with Crippen molar-refractivity contribution in [3.8, 4) is 0 Å². The molecule has 0 bridgehead atoms. The number of hydrogen-bond donors (Lipinski definition) is 1. The van der Waals surface area contributed by atoms with Crippen LogP contribution in [0.2, 0.25) is 0 Å². The van der Waals surface area contributed by atoms with Crippen LogP contribution in [-0.4, -0.2) is 35.0 Å². The number of carbonyl (C=O) groups is 1. The zero-order chi connectivity index (χ0) is 17.2. The van der Waals surface area contributed by atoms with Crippen molar-refractivity contribution >= 4 is 6.09 Å². The van der Waals surface area contributed by atoms with Crippen molar-refractivity contribution in [2.24, 2.45) is 0 Å². The minimum Gasteiger partial charge on any atom is -0.443 e. The quantitative estimate of drug-likeness (QED) is 0.580. The molecular weight excluding hydrogens is 306 g/mol. The molecule has 5 heteroatoms. The van der Waals surface area contributed by atoms with Gasteiger partial charge in [-0.15, -0.1) is 0 Å². The Balaban J connectivity index is 1.84. The zero-order valence-electron chi connectivity index (χ0n) is 14.3. The summed E-state index contributed by atoms with van der Waals surface area (Å²) in [6, 6.07) is 9.23. The zero-order valence-corrected chi connectivity index (χ0v) is 14.3. The summed E-state index contributed by atoms with van der Waals surface area (Å²) in [6.07, 6.45) is 7.22. The summed E-state index contributed by atoms with van der Waals surface area (Å²) < 4.78 is 5.32. The summed E-state index contributed by atoms with van der Waals surface area (Å²) in [5.74, 6) is 0. The van der Waals surface area contributed by atoms with E-state index in [0.717, 1.165) is 31.2 Å². The molecule has 0 unspecified atom stereocenters. The predicted octanol–water partition coefficient (Wildman–Crippen LogP) is 3.83. The topological polar surface area (TPSA) is 59.0 Å². The molecule has 0 aromatic heterocycles. The van der Waals surface area contributed by atoms with E-state index in [1.807, 2.05) is 42.5 Å². The third-order valence-electron chi connectivity index (χ3n) is 4.01. The Bertz CT molecular complexity index is 517. The molecule has 2 atom stereocenters. The fraction of sp³-hybridized carbons (Fsp3) is 0.526. The molecule has 1 amide bonds. The fourth-order valence-corrected chi connectivity index (χ4v) is 2.68. The van der Waals surface area contributed by atoms with Crippen molar-refractivity contribution in [3.05, 3.63) is 48.0 Å². The van der Waals surface area contributed by atoms with Gasteiger partial charge in [-0.1, -0.05) is 68.7 Å². The first kappa shape index (κ1) is 18.5. The molecular formula is C19H27NO4. The van der Waals surface area contributed by atoms with Gasteiger partial charge in [-0.25, -0.2) is 4.79 Å². The number of carbonyl (C=O) groups excluding carboxylic acids is 1. The molecule has 0 saturated carbocycles. The van der Waals surface area contributed by atoms with E-state index in [1.54, 1.807) is 0 Å². The monoisotopic (exact) mass is 333 g/mol. The second kappa shape index (κ2) is 10.1.